The van der Waals surface area contributed by atoms with Crippen molar-refractivity contribution in [2.75, 3.05) is 7.04 Å². The first-order valence-electron chi connectivity index (χ1n) is 6.75. The maximum atomic E-state index is 11.5. The molecule has 12 heavy (non-hydrogen) atoms. The largest absolute Gasteiger partial charge is 0.469 e. The summed E-state index contributed by atoms with van der Waals surface area (Å²) in [7, 11) is -3.14. The molecule has 0 aliphatic rings. The van der Waals surface area contributed by atoms with Crippen LogP contribution in [0.25, 0.3) is 0 Å². The average molecular weight is 238 g/mol. The Morgan fingerprint density at radius 1 is 2.08 bits per heavy atom. The zero-order chi connectivity index (χ0) is 15.9. The molecule has 0 saturated carbocycles. The zero-order valence-corrected chi connectivity index (χ0v) is 7.23. The lowest BCUT2D eigenvalue weighted by molar-refractivity contribution is -0.139. The minimum absolute atomic E-state index is 0.224. The summed E-state index contributed by atoms with van der Waals surface area (Å²) in [6.07, 6.45) is -3.69. The van der Waals surface area contributed by atoms with Crippen molar-refractivity contribution in [1.29, 1.82) is 0 Å². The predicted molar refractivity (Wildman–Crippen MR) is 47.7 cm³/mol. The molecule has 0 amide bonds. The van der Waals surface area contributed by atoms with Crippen LogP contribution in [0, 0.1) is 0 Å². The third kappa shape index (κ3) is 2.62. The molecule has 64 valence electrons. The molecule has 0 aliphatic carbocycles. The predicted octanol–water partition coefficient (Wildman–Crippen LogP) is 1.56. The highest BCUT2D eigenvalue weighted by atomic mass is 79.9. The fourth-order valence-electron chi connectivity index (χ4n) is 0.477. The molecule has 0 bridgehead atoms. The second-order valence-corrected chi connectivity index (χ2v) is 2.44. The number of nitrogens with zero attached hydrogens (tertiary/aromatic N) is 1. The number of methoxy groups -OCH3 is 1. The molecule has 0 saturated heterocycles. The Hall–Kier alpha value is -0.900. The van der Waals surface area contributed by atoms with Gasteiger partial charge < -0.3 is 4.74 Å². The number of rotatable bonds is 2. The molecule has 0 aromatic carbocycles. The fourth-order valence-corrected chi connectivity index (χ4v) is 0.754. The van der Waals surface area contributed by atoms with E-state index >= 15 is 0 Å². The van der Waals surface area contributed by atoms with Gasteiger partial charge in [-0.25, -0.2) is 0 Å². The number of hydrogen-bond acceptors (Lipinski definition) is 3. The Labute approximate surface area is 90.1 Å². The van der Waals surface area contributed by atoms with E-state index in [-0.39, 0.29) is 4.47 Å². The van der Waals surface area contributed by atoms with Crippen LogP contribution < -0.4 is 0 Å². The Morgan fingerprint density at radius 2 is 2.92 bits per heavy atom. The maximum Gasteiger partial charge on any atom is 0.311 e. The molecule has 0 spiro atoms. The van der Waals surface area contributed by atoms with Crippen molar-refractivity contribution in [3.63, 3.8) is 0 Å². The van der Waals surface area contributed by atoms with Crippen LogP contribution in [0.3, 0.4) is 0 Å². The van der Waals surface area contributed by atoms with Crippen molar-refractivity contribution in [3.8, 4) is 0 Å². The Balaban J connectivity index is 3.33. The molecule has 0 fully saturated rings. The van der Waals surface area contributed by atoms with Gasteiger partial charge in [-0.1, -0.05) is 15.9 Å². The normalized spacial score (nSPS) is 21.4. The third-order valence-corrected chi connectivity index (χ3v) is 1.27. The van der Waals surface area contributed by atoms with Crippen LogP contribution in [0.15, 0.2) is 22.7 Å². The summed E-state index contributed by atoms with van der Waals surface area (Å²) in [6, 6.07) is -1.07. The molecule has 0 radical (unpaired) electrons. The molecule has 0 atom stereocenters. The smallest absolute Gasteiger partial charge is 0.311 e. The first-order chi connectivity index (χ1) is 8.88. The van der Waals surface area contributed by atoms with Crippen molar-refractivity contribution in [3.05, 3.63) is 28.4 Å². The van der Waals surface area contributed by atoms with Crippen molar-refractivity contribution in [2.24, 2.45) is 0 Å². The monoisotopic (exact) mass is 237 g/mol. The second-order valence-electron chi connectivity index (χ2n) is 1.65. The number of pyridine rings is 1. The lowest BCUT2D eigenvalue weighted by Crippen LogP contribution is -2.05. The topological polar surface area (TPSA) is 39.2 Å². The van der Waals surface area contributed by atoms with Gasteiger partial charge in [-0.05, 0) is 12.1 Å². The summed E-state index contributed by atoms with van der Waals surface area (Å²) in [4.78, 5) is 14.9. The molecular formula is C8H8BrNO2. The van der Waals surface area contributed by atoms with Crippen molar-refractivity contribution in [1.82, 2.24) is 4.98 Å². The molecule has 1 rings (SSSR count). The van der Waals surface area contributed by atoms with Crippen LogP contribution in [-0.4, -0.2) is 18.0 Å². The van der Waals surface area contributed by atoms with E-state index in [1.165, 1.54) is 0 Å². The van der Waals surface area contributed by atoms with E-state index in [9.17, 15) is 4.79 Å². The number of aromatic nitrogens is 1. The molecular weight excluding hydrogens is 222 g/mol. The number of esters is 1. The highest BCUT2D eigenvalue weighted by molar-refractivity contribution is 9.10. The van der Waals surface area contributed by atoms with E-state index in [1.807, 2.05) is 0 Å². The molecule has 3 nitrogen and oxygen atoms in total. The van der Waals surface area contributed by atoms with Gasteiger partial charge in [0, 0.05) is 13.4 Å². The highest BCUT2D eigenvalue weighted by Gasteiger charge is 2.03. The van der Waals surface area contributed by atoms with Crippen LogP contribution in [0.5, 0.6) is 0 Å². The van der Waals surface area contributed by atoms with E-state index in [0.717, 1.165) is 0 Å². The zero-order valence-electron chi connectivity index (χ0n) is 13.6. The quantitative estimate of drug-likeness (QED) is 0.734. The minimum atomic E-state index is -3.14. The fraction of sp³-hybridized carbons (Fsp3) is 0.250. The van der Waals surface area contributed by atoms with Gasteiger partial charge in [0.15, 0.2) is 0 Å². The van der Waals surface area contributed by atoms with Gasteiger partial charge >= 0.3 is 5.97 Å². The Bertz CT molecular complexity index is 558. The molecule has 1 aromatic heterocycles. The van der Waals surface area contributed by atoms with Gasteiger partial charge in [-0.15, -0.1) is 0 Å². The SMILES string of the molecule is [2H]c1nc(C([2H])([2H])C(=O)OC([2H])([2H])[2H])c([2H])c(Br)c1[2H]. The van der Waals surface area contributed by atoms with Crippen molar-refractivity contribution in [2.45, 2.75) is 6.37 Å². The Morgan fingerprint density at radius 3 is 3.67 bits per heavy atom. The van der Waals surface area contributed by atoms with E-state index in [0.29, 0.717) is 0 Å². The van der Waals surface area contributed by atoms with Gasteiger partial charge in [0.2, 0.25) is 0 Å². The number of halogens is 1. The molecule has 0 unspecified atom stereocenters. The van der Waals surface area contributed by atoms with E-state index in [2.05, 4.69) is 25.7 Å². The van der Waals surface area contributed by atoms with Crippen LogP contribution >= 0.6 is 15.9 Å². The summed E-state index contributed by atoms with van der Waals surface area (Å²) >= 11 is 2.82. The molecule has 0 aliphatic heterocycles. The number of carbonyl (C=O) groups is 1. The lowest BCUT2D eigenvalue weighted by atomic mass is 10.3. The standard InChI is InChI=1S/C8H8BrNO2/c1-12-8(11)5-7-4-6(9)2-3-10-7/h2-4H,5H2,1H3/i1D3,2D,3D,4D,5D2. The van der Waals surface area contributed by atoms with Crippen molar-refractivity contribution >= 4 is 21.9 Å². The van der Waals surface area contributed by atoms with E-state index < -0.39 is 43.3 Å². The highest BCUT2D eigenvalue weighted by Crippen LogP contribution is 2.09. The molecule has 0 N–H and O–H groups in total. The van der Waals surface area contributed by atoms with Gasteiger partial charge in [-0.3, -0.25) is 9.78 Å². The van der Waals surface area contributed by atoms with E-state index in [1.54, 1.807) is 0 Å². The van der Waals surface area contributed by atoms with Gasteiger partial charge in [0.25, 0.3) is 0 Å². The number of hydrogen-bond donors (Lipinski definition) is 0. The van der Waals surface area contributed by atoms with Crippen LogP contribution in [0.4, 0.5) is 0 Å². The van der Waals surface area contributed by atoms with Gasteiger partial charge in [-0.2, -0.15) is 0 Å². The summed E-state index contributed by atoms with van der Waals surface area (Å²) in [6.45, 7) is 0. The van der Waals surface area contributed by atoms with Crippen molar-refractivity contribution < 1.29 is 20.5 Å². The second kappa shape index (κ2) is 4.21. The summed E-state index contributed by atoms with van der Waals surface area (Å²) in [5, 5.41) is 0. The number of carbonyl (C=O) groups excluding carboxylic acids is 1. The minimum Gasteiger partial charge on any atom is -0.469 e. The first-order valence-corrected chi connectivity index (χ1v) is 3.54. The molecule has 1 aromatic rings. The summed E-state index contributed by atoms with van der Waals surface area (Å²) in [5.41, 5.74) is -0.792. The molecule has 1 heterocycles. The van der Waals surface area contributed by atoms with Crippen LogP contribution in [0.2, 0.25) is 0 Å². The maximum absolute atomic E-state index is 11.5. The average Bonchev–Trinajstić information content (AvgIpc) is 2.28. The Kier molecular flexibility index (Phi) is 1.09. The summed E-state index contributed by atoms with van der Waals surface area (Å²) < 4.78 is 61.5. The van der Waals surface area contributed by atoms with Gasteiger partial charge in [0.1, 0.15) is 0 Å². The summed E-state index contributed by atoms with van der Waals surface area (Å²) in [5.74, 6) is -1.75. The van der Waals surface area contributed by atoms with Gasteiger partial charge in [0.05, 0.1) is 27.3 Å². The van der Waals surface area contributed by atoms with E-state index in [4.69, 9.17) is 11.0 Å². The number of ether oxygens (including phenoxy) is 1. The molecule has 4 heteroatoms. The third-order valence-electron chi connectivity index (χ3n) is 0.875. The lowest BCUT2D eigenvalue weighted by Gasteiger charge is -1.98. The van der Waals surface area contributed by atoms with Crippen LogP contribution in [-0.2, 0) is 15.9 Å². The first kappa shape index (κ1) is 3.10. The van der Waals surface area contributed by atoms with Crippen LogP contribution in [0.1, 0.15) is 16.7 Å².